The number of aryl methyl sites for hydroxylation is 1. The molecule has 1 saturated heterocycles. The third-order valence-corrected chi connectivity index (χ3v) is 4.37. The van der Waals surface area contributed by atoms with Gasteiger partial charge in [0.25, 0.3) is 5.91 Å². The van der Waals surface area contributed by atoms with Crippen LogP contribution >= 0.6 is 11.6 Å². The van der Waals surface area contributed by atoms with Gasteiger partial charge >= 0.3 is 0 Å². The summed E-state index contributed by atoms with van der Waals surface area (Å²) in [5.41, 5.74) is 2.52. The molecule has 1 aliphatic heterocycles. The molecule has 7 heteroatoms. The van der Waals surface area contributed by atoms with Crippen molar-refractivity contribution in [1.82, 2.24) is 14.5 Å². The number of aromatic nitrogens is 2. The fourth-order valence-electron chi connectivity index (χ4n) is 2.80. The molecule has 3 rings (SSSR count). The average molecular weight is 349 g/mol. The van der Waals surface area contributed by atoms with Crippen LogP contribution in [0.2, 0.25) is 5.02 Å². The Labute approximate surface area is 146 Å². The lowest BCUT2D eigenvalue weighted by molar-refractivity contribution is 0.0782. The quantitative estimate of drug-likeness (QED) is 0.849. The number of amides is 1. The number of pyridine rings is 1. The van der Waals surface area contributed by atoms with Gasteiger partial charge in [0.15, 0.2) is 0 Å². The van der Waals surface area contributed by atoms with Crippen molar-refractivity contribution < 1.29 is 9.53 Å². The second-order valence-electron chi connectivity index (χ2n) is 5.95. The van der Waals surface area contributed by atoms with Crippen molar-refractivity contribution in [3.05, 3.63) is 47.0 Å². The van der Waals surface area contributed by atoms with Crippen LogP contribution < -0.4 is 4.90 Å². The number of ether oxygens (including phenoxy) is 1. The molecule has 1 fully saturated rings. The summed E-state index contributed by atoms with van der Waals surface area (Å²) in [7, 11) is 3.70. The minimum atomic E-state index is -0.0602. The molecule has 24 heavy (non-hydrogen) atoms. The highest BCUT2D eigenvalue weighted by atomic mass is 35.5. The minimum absolute atomic E-state index is 0.0602. The number of morpholine rings is 1. The first-order valence-electron chi connectivity index (χ1n) is 7.88. The summed E-state index contributed by atoms with van der Waals surface area (Å²) in [5, 5.41) is 0.671. The molecule has 0 atom stereocenters. The predicted molar refractivity (Wildman–Crippen MR) is 93.5 cm³/mol. The maximum absolute atomic E-state index is 12.7. The second kappa shape index (κ2) is 7.23. The molecule has 1 aliphatic rings. The molecule has 3 heterocycles. The number of hydrogen-bond acceptors (Lipinski definition) is 4. The van der Waals surface area contributed by atoms with Crippen LogP contribution in [0.25, 0.3) is 0 Å². The molecular formula is C17H21ClN4O2. The lowest BCUT2D eigenvalue weighted by Gasteiger charge is -2.29. The van der Waals surface area contributed by atoms with Crippen LogP contribution in [0, 0.1) is 0 Å². The summed E-state index contributed by atoms with van der Waals surface area (Å²) >= 11 is 6.00. The molecule has 0 aromatic carbocycles. The SMILES string of the molecule is CN(Cc1cc(Cl)cn1C)C(=O)c1cncc(N2CCOCC2)c1. The molecule has 6 nitrogen and oxygen atoms in total. The van der Waals surface area contributed by atoms with E-state index < -0.39 is 0 Å². The second-order valence-corrected chi connectivity index (χ2v) is 6.39. The zero-order chi connectivity index (χ0) is 17.1. The molecule has 0 spiro atoms. The Kier molecular flexibility index (Phi) is 5.06. The van der Waals surface area contributed by atoms with Gasteiger partial charge in [-0.05, 0) is 12.1 Å². The highest BCUT2D eigenvalue weighted by Gasteiger charge is 2.17. The van der Waals surface area contributed by atoms with Gasteiger partial charge < -0.3 is 19.1 Å². The van der Waals surface area contributed by atoms with Gasteiger partial charge in [-0.15, -0.1) is 0 Å². The van der Waals surface area contributed by atoms with Gasteiger partial charge in [0, 0.05) is 45.3 Å². The first-order valence-corrected chi connectivity index (χ1v) is 8.26. The molecule has 0 unspecified atom stereocenters. The molecular weight excluding hydrogens is 328 g/mol. The Morgan fingerprint density at radius 2 is 2.08 bits per heavy atom. The van der Waals surface area contributed by atoms with Gasteiger partial charge in [-0.3, -0.25) is 9.78 Å². The third kappa shape index (κ3) is 3.71. The van der Waals surface area contributed by atoms with Crippen molar-refractivity contribution in [3.8, 4) is 0 Å². The maximum Gasteiger partial charge on any atom is 0.255 e. The summed E-state index contributed by atoms with van der Waals surface area (Å²) < 4.78 is 7.29. The normalized spacial score (nSPS) is 14.7. The van der Waals surface area contributed by atoms with Crippen LogP contribution in [0.15, 0.2) is 30.7 Å². The molecule has 2 aromatic heterocycles. The van der Waals surface area contributed by atoms with Gasteiger partial charge in [-0.25, -0.2) is 0 Å². The Morgan fingerprint density at radius 1 is 1.33 bits per heavy atom. The molecule has 128 valence electrons. The number of anilines is 1. The largest absolute Gasteiger partial charge is 0.378 e. The summed E-state index contributed by atoms with van der Waals surface area (Å²) in [5.74, 6) is -0.0602. The van der Waals surface area contributed by atoms with Crippen molar-refractivity contribution in [3.63, 3.8) is 0 Å². The average Bonchev–Trinajstić information content (AvgIpc) is 2.92. The number of rotatable bonds is 4. The van der Waals surface area contributed by atoms with Gasteiger partial charge in [-0.2, -0.15) is 0 Å². The molecule has 2 aromatic rings. The standard InChI is InChI=1S/C17H21ClN4O2/c1-20-11-14(18)8-16(20)12-21(2)17(23)13-7-15(10-19-9-13)22-3-5-24-6-4-22/h7-11H,3-6,12H2,1-2H3. The minimum Gasteiger partial charge on any atom is -0.378 e. The predicted octanol–water partition coefficient (Wildman–Crippen LogP) is 2.18. The van der Waals surface area contributed by atoms with Crippen LogP contribution in [0.4, 0.5) is 5.69 Å². The van der Waals surface area contributed by atoms with E-state index in [4.69, 9.17) is 16.3 Å². The molecule has 0 radical (unpaired) electrons. The first-order chi connectivity index (χ1) is 11.5. The summed E-state index contributed by atoms with van der Waals surface area (Å²) in [6.07, 6.45) is 5.23. The number of carbonyl (C=O) groups excluding carboxylic acids is 1. The number of carbonyl (C=O) groups is 1. The number of hydrogen-bond donors (Lipinski definition) is 0. The molecule has 0 N–H and O–H groups in total. The lowest BCUT2D eigenvalue weighted by atomic mass is 10.2. The van der Waals surface area contributed by atoms with Gasteiger partial charge in [-0.1, -0.05) is 11.6 Å². The first kappa shape index (κ1) is 16.8. The third-order valence-electron chi connectivity index (χ3n) is 4.17. The van der Waals surface area contributed by atoms with Crippen LogP contribution in [0.3, 0.4) is 0 Å². The van der Waals surface area contributed by atoms with E-state index in [1.807, 2.05) is 29.9 Å². The summed E-state index contributed by atoms with van der Waals surface area (Å²) in [6, 6.07) is 3.77. The van der Waals surface area contributed by atoms with E-state index in [-0.39, 0.29) is 5.91 Å². The van der Waals surface area contributed by atoms with Gasteiger partial charge in [0.2, 0.25) is 0 Å². The summed E-state index contributed by atoms with van der Waals surface area (Å²) in [4.78, 5) is 20.8. The van der Waals surface area contributed by atoms with Crippen molar-refractivity contribution in [2.45, 2.75) is 6.54 Å². The van der Waals surface area contributed by atoms with Crippen molar-refractivity contribution in [2.24, 2.45) is 7.05 Å². The van der Waals surface area contributed by atoms with E-state index in [2.05, 4.69) is 9.88 Å². The Balaban J connectivity index is 1.73. The Hall–Kier alpha value is -2.05. The molecule has 0 aliphatic carbocycles. The number of nitrogens with zero attached hydrogens (tertiary/aromatic N) is 4. The van der Waals surface area contributed by atoms with Gasteiger partial charge in [0.1, 0.15) is 0 Å². The van der Waals surface area contributed by atoms with Crippen LogP contribution in [0.1, 0.15) is 16.1 Å². The van der Waals surface area contributed by atoms with Gasteiger partial charge in [0.05, 0.1) is 42.2 Å². The van der Waals surface area contributed by atoms with E-state index in [0.29, 0.717) is 30.3 Å². The Bertz CT molecular complexity index is 725. The van der Waals surface area contributed by atoms with E-state index in [1.54, 1.807) is 24.3 Å². The van der Waals surface area contributed by atoms with E-state index >= 15 is 0 Å². The highest BCUT2D eigenvalue weighted by molar-refractivity contribution is 6.30. The van der Waals surface area contributed by atoms with Crippen molar-refractivity contribution in [2.75, 3.05) is 38.3 Å². The lowest BCUT2D eigenvalue weighted by Crippen LogP contribution is -2.36. The molecule has 1 amide bonds. The summed E-state index contributed by atoms with van der Waals surface area (Å²) in [6.45, 7) is 3.52. The molecule has 0 saturated carbocycles. The van der Waals surface area contributed by atoms with Crippen LogP contribution in [-0.4, -0.2) is 53.7 Å². The smallest absolute Gasteiger partial charge is 0.255 e. The number of halogens is 1. The van der Waals surface area contributed by atoms with E-state index in [1.165, 1.54) is 0 Å². The zero-order valence-corrected chi connectivity index (χ0v) is 14.7. The topological polar surface area (TPSA) is 50.6 Å². The van der Waals surface area contributed by atoms with E-state index in [0.717, 1.165) is 24.5 Å². The van der Waals surface area contributed by atoms with Crippen LogP contribution in [-0.2, 0) is 18.3 Å². The zero-order valence-electron chi connectivity index (χ0n) is 13.9. The highest BCUT2D eigenvalue weighted by Crippen LogP contribution is 2.18. The fourth-order valence-corrected chi connectivity index (χ4v) is 3.07. The van der Waals surface area contributed by atoms with Crippen molar-refractivity contribution >= 4 is 23.2 Å². The van der Waals surface area contributed by atoms with E-state index in [9.17, 15) is 4.79 Å². The van der Waals surface area contributed by atoms with Crippen molar-refractivity contribution in [1.29, 1.82) is 0 Å². The monoisotopic (exact) mass is 348 g/mol. The van der Waals surface area contributed by atoms with Crippen LogP contribution in [0.5, 0.6) is 0 Å². The molecule has 0 bridgehead atoms. The Morgan fingerprint density at radius 3 is 2.75 bits per heavy atom. The fraction of sp³-hybridized carbons (Fsp3) is 0.412. The maximum atomic E-state index is 12.7.